The molecule has 0 heterocycles. The third kappa shape index (κ3) is 6.89. The fourth-order valence-electron chi connectivity index (χ4n) is 2.96. The number of thioether (sulfide) groups is 1. The molecule has 0 saturated carbocycles. The molecule has 0 aromatic heterocycles. The predicted octanol–water partition coefficient (Wildman–Crippen LogP) is 5.71. The van der Waals surface area contributed by atoms with Crippen molar-refractivity contribution >= 4 is 35.0 Å². The van der Waals surface area contributed by atoms with Gasteiger partial charge < -0.3 is 15.4 Å². The van der Waals surface area contributed by atoms with Gasteiger partial charge in [0.2, 0.25) is 11.8 Å². The van der Waals surface area contributed by atoms with Crippen LogP contribution in [0.3, 0.4) is 0 Å². The van der Waals surface area contributed by atoms with Crippen LogP contribution in [0.2, 0.25) is 0 Å². The summed E-state index contributed by atoms with van der Waals surface area (Å²) >= 11 is 1.26. The number of carbonyl (C=O) groups excluding carboxylic acids is 2. The zero-order chi connectivity index (χ0) is 22.2. The number of carbonyl (C=O) groups is 2. The van der Waals surface area contributed by atoms with Crippen molar-refractivity contribution in [1.82, 2.24) is 0 Å². The van der Waals surface area contributed by atoms with E-state index in [0.717, 1.165) is 22.4 Å². The van der Waals surface area contributed by atoms with E-state index in [1.807, 2.05) is 75.4 Å². The van der Waals surface area contributed by atoms with Crippen LogP contribution in [0.25, 0.3) is 0 Å². The maximum Gasteiger partial charge on any atom is 0.234 e. The Bertz CT molecular complexity index is 1060. The molecule has 5 nitrogen and oxygen atoms in total. The van der Waals surface area contributed by atoms with Crippen LogP contribution in [0.5, 0.6) is 11.5 Å². The molecule has 3 aromatic carbocycles. The third-order valence-corrected chi connectivity index (χ3v) is 5.46. The molecule has 3 aromatic rings. The Labute approximate surface area is 187 Å². The lowest BCUT2D eigenvalue weighted by atomic mass is 10.1. The van der Waals surface area contributed by atoms with Crippen molar-refractivity contribution in [3.63, 3.8) is 0 Å². The number of aryl methyl sites for hydroxylation is 3. The Balaban J connectivity index is 1.49. The maximum absolute atomic E-state index is 12.4. The number of benzene rings is 3. The number of rotatable bonds is 8. The minimum Gasteiger partial charge on any atom is -0.455 e. The Morgan fingerprint density at radius 2 is 1.39 bits per heavy atom. The summed E-state index contributed by atoms with van der Waals surface area (Å²) in [5, 5.41) is 5.75. The van der Waals surface area contributed by atoms with Gasteiger partial charge in [0.15, 0.2) is 5.75 Å². The fourth-order valence-corrected chi connectivity index (χ4v) is 3.57. The average molecular weight is 435 g/mol. The standard InChI is InChI=1S/C25H26N2O3S/c1-17-8-11-20(12-9-17)30-23-7-5-4-6-22(23)27-25(29)16-31-15-24(28)26-21-13-10-18(2)14-19(21)3/h4-14H,15-16H2,1-3H3,(H,26,28)(H,27,29). The maximum atomic E-state index is 12.4. The topological polar surface area (TPSA) is 67.4 Å². The molecular formula is C25H26N2O3S. The number of para-hydroxylation sites is 2. The smallest absolute Gasteiger partial charge is 0.234 e. The molecule has 0 saturated heterocycles. The van der Waals surface area contributed by atoms with Crippen LogP contribution in [0.15, 0.2) is 66.7 Å². The predicted molar refractivity (Wildman–Crippen MR) is 128 cm³/mol. The highest BCUT2D eigenvalue weighted by Crippen LogP contribution is 2.29. The highest BCUT2D eigenvalue weighted by molar-refractivity contribution is 8.00. The molecule has 160 valence electrons. The van der Waals surface area contributed by atoms with Gasteiger partial charge in [0, 0.05) is 5.69 Å². The molecule has 0 unspecified atom stereocenters. The summed E-state index contributed by atoms with van der Waals surface area (Å²) in [4.78, 5) is 24.6. The van der Waals surface area contributed by atoms with Crippen molar-refractivity contribution in [3.05, 3.63) is 83.4 Å². The molecule has 0 bridgehead atoms. The van der Waals surface area contributed by atoms with E-state index in [9.17, 15) is 9.59 Å². The fraction of sp³-hybridized carbons (Fsp3) is 0.200. The van der Waals surface area contributed by atoms with Crippen LogP contribution in [-0.4, -0.2) is 23.3 Å². The number of nitrogens with one attached hydrogen (secondary N) is 2. The SMILES string of the molecule is Cc1ccc(Oc2ccccc2NC(=O)CSCC(=O)Nc2ccc(C)cc2C)cc1. The normalized spacial score (nSPS) is 10.4. The van der Waals surface area contributed by atoms with Gasteiger partial charge in [0.1, 0.15) is 5.75 Å². The van der Waals surface area contributed by atoms with Gasteiger partial charge in [-0.05, 0) is 56.7 Å². The Hall–Kier alpha value is -3.25. The van der Waals surface area contributed by atoms with Gasteiger partial charge in [-0.25, -0.2) is 0 Å². The number of ether oxygens (including phenoxy) is 1. The summed E-state index contributed by atoms with van der Waals surface area (Å²) in [6.07, 6.45) is 0. The quantitative estimate of drug-likeness (QED) is 0.476. The first kappa shape index (κ1) is 22.4. The van der Waals surface area contributed by atoms with Crippen molar-refractivity contribution in [2.24, 2.45) is 0 Å². The molecule has 0 aliphatic heterocycles. The Morgan fingerprint density at radius 1 is 0.774 bits per heavy atom. The third-order valence-electron chi connectivity index (χ3n) is 4.53. The van der Waals surface area contributed by atoms with Crippen LogP contribution < -0.4 is 15.4 Å². The van der Waals surface area contributed by atoms with Crippen molar-refractivity contribution in [1.29, 1.82) is 0 Å². The van der Waals surface area contributed by atoms with Gasteiger partial charge in [0.25, 0.3) is 0 Å². The molecular weight excluding hydrogens is 408 g/mol. The zero-order valence-electron chi connectivity index (χ0n) is 17.9. The molecule has 0 aliphatic carbocycles. The number of hydrogen-bond acceptors (Lipinski definition) is 4. The van der Waals surface area contributed by atoms with Crippen LogP contribution in [0, 0.1) is 20.8 Å². The minimum atomic E-state index is -0.190. The molecule has 2 N–H and O–H groups in total. The molecule has 0 fully saturated rings. The second-order valence-corrected chi connectivity index (χ2v) is 8.30. The molecule has 0 atom stereocenters. The lowest BCUT2D eigenvalue weighted by molar-refractivity contribution is -0.114. The average Bonchev–Trinajstić information content (AvgIpc) is 2.73. The highest BCUT2D eigenvalue weighted by atomic mass is 32.2. The molecule has 31 heavy (non-hydrogen) atoms. The van der Waals surface area contributed by atoms with E-state index in [1.54, 1.807) is 12.1 Å². The molecule has 3 rings (SSSR count). The number of anilines is 2. The van der Waals surface area contributed by atoms with E-state index in [-0.39, 0.29) is 23.3 Å². The van der Waals surface area contributed by atoms with Crippen LogP contribution in [-0.2, 0) is 9.59 Å². The van der Waals surface area contributed by atoms with Gasteiger partial charge in [-0.3, -0.25) is 9.59 Å². The Morgan fingerprint density at radius 3 is 2.06 bits per heavy atom. The summed E-state index contributed by atoms with van der Waals surface area (Å²) in [7, 11) is 0. The van der Waals surface area contributed by atoms with E-state index in [1.165, 1.54) is 11.8 Å². The van der Waals surface area contributed by atoms with Gasteiger partial charge >= 0.3 is 0 Å². The number of hydrogen-bond donors (Lipinski definition) is 2. The second-order valence-electron chi connectivity index (χ2n) is 7.32. The first-order chi connectivity index (χ1) is 14.9. The highest BCUT2D eigenvalue weighted by Gasteiger charge is 2.11. The van der Waals surface area contributed by atoms with Crippen molar-refractivity contribution in [2.45, 2.75) is 20.8 Å². The summed E-state index contributed by atoms with van der Waals surface area (Å²) < 4.78 is 5.91. The van der Waals surface area contributed by atoms with E-state index in [4.69, 9.17) is 4.74 Å². The molecule has 0 aliphatic rings. The summed E-state index contributed by atoms with van der Waals surface area (Å²) in [5.74, 6) is 1.31. The molecule has 2 amide bonds. The van der Waals surface area contributed by atoms with Crippen molar-refractivity contribution in [3.8, 4) is 11.5 Å². The first-order valence-electron chi connectivity index (χ1n) is 9.99. The van der Waals surface area contributed by atoms with E-state index in [0.29, 0.717) is 17.2 Å². The van der Waals surface area contributed by atoms with Crippen molar-refractivity contribution < 1.29 is 14.3 Å². The van der Waals surface area contributed by atoms with Crippen LogP contribution >= 0.6 is 11.8 Å². The summed E-state index contributed by atoms with van der Waals surface area (Å²) in [6, 6.07) is 20.9. The van der Waals surface area contributed by atoms with Crippen molar-refractivity contribution in [2.75, 3.05) is 22.1 Å². The molecule has 0 radical (unpaired) electrons. The zero-order valence-corrected chi connectivity index (χ0v) is 18.7. The van der Waals surface area contributed by atoms with Gasteiger partial charge in [-0.2, -0.15) is 0 Å². The van der Waals surface area contributed by atoms with Gasteiger partial charge in [-0.1, -0.05) is 47.5 Å². The molecule has 0 spiro atoms. The minimum absolute atomic E-state index is 0.132. The molecule has 6 heteroatoms. The van der Waals surface area contributed by atoms with Crippen LogP contribution in [0.4, 0.5) is 11.4 Å². The van der Waals surface area contributed by atoms with Gasteiger partial charge in [0.05, 0.1) is 17.2 Å². The monoisotopic (exact) mass is 434 g/mol. The van der Waals surface area contributed by atoms with E-state index in [2.05, 4.69) is 10.6 Å². The van der Waals surface area contributed by atoms with Gasteiger partial charge in [-0.15, -0.1) is 11.8 Å². The Kier molecular flexibility index (Phi) is 7.73. The van der Waals surface area contributed by atoms with Crippen LogP contribution in [0.1, 0.15) is 16.7 Å². The summed E-state index contributed by atoms with van der Waals surface area (Å²) in [5.41, 5.74) is 4.69. The second kappa shape index (κ2) is 10.7. The van der Waals surface area contributed by atoms with E-state index >= 15 is 0 Å². The summed E-state index contributed by atoms with van der Waals surface area (Å²) in [6.45, 7) is 5.98. The number of amides is 2. The van der Waals surface area contributed by atoms with E-state index < -0.39 is 0 Å². The lowest BCUT2D eigenvalue weighted by Crippen LogP contribution is -2.19. The largest absolute Gasteiger partial charge is 0.455 e. The first-order valence-corrected chi connectivity index (χ1v) is 11.1. The lowest BCUT2D eigenvalue weighted by Gasteiger charge is -2.12.